The second-order valence-corrected chi connectivity index (χ2v) is 2.90. The SMILES string of the molecule is Cn1ccc(C(=O)CC(=O)C(F)(F)F)n1. The smallest absolute Gasteiger partial charge is 0.292 e. The van der Waals surface area contributed by atoms with Crippen LogP contribution < -0.4 is 0 Å². The number of aromatic nitrogens is 2. The Kier molecular flexibility index (Phi) is 2.92. The average Bonchev–Trinajstić information content (AvgIpc) is 2.50. The van der Waals surface area contributed by atoms with E-state index in [1.54, 1.807) is 0 Å². The van der Waals surface area contributed by atoms with Gasteiger partial charge in [-0.15, -0.1) is 0 Å². The molecular weight excluding hydrogens is 213 g/mol. The number of hydrogen-bond donors (Lipinski definition) is 0. The number of Topliss-reactive ketones (excluding diaryl/α,β-unsaturated/α-hetero) is 2. The van der Waals surface area contributed by atoms with E-state index in [1.165, 1.54) is 24.0 Å². The summed E-state index contributed by atoms with van der Waals surface area (Å²) in [4.78, 5) is 21.6. The monoisotopic (exact) mass is 220 g/mol. The zero-order valence-corrected chi connectivity index (χ0v) is 7.71. The normalized spacial score (nSPS) is 11.5. The molecule has 0 aliphatic heterocycles. The Labute approximate surface area is 82.7 Å². The fraction of sp³-hybridized carbons (Fsp3) is 0.375. The van der Waals surface area contributed by atoms with Gasteiger partial charge in [0.05, 0.1) is 6.42 Å². The summed E-state index contributed by atoms with van der Waals surface area (Å²) in [6.07, 6.45) is -4.75. The molecule has 0 saturated heterocycles. The zero-order valence-electron chi connectivity index (χ0n) is 7.71. The van der Waals surface area contributed by atoms with E-state index in [4.69, 9.17) is 0 Å². The quantitative estimate of drug-likeness (QED) is 0.566. The van der Waals surface area contributed by atoms with Crippen molar-refractivity contribution >= 4 is 11.6 Å². The van der Waals surface area contributed by atoms with Gasteiger partial charge < -0.3 is 0 Å². The lowest BCUT2D eigenvalue weighted by Gasteiger charge is -2.02. The van der Waals surface area contributed by atoms with Crippen LogP contribution in [-0.2, 0) is 11.8 Å². The first-order valence-electron chi connectivity index (χ1n) is 3.93. The van der Waals surface area contributed by atoms with Gasteiger partial charge in [-0.1, -0.05) is 0 Å². The molecule has 1 rings (SSSR count). The van der Waals surface area contributed by atoms with Crippen molar-refractivity contribution in [3.05, 3.63) is 18.0 Å². The fourth-order valence-corrected chi connectivity index (χ4v) is 0.900. The van der Waals surface area contributed by atoms with Gasteiger partial charge in [-0.2, -0.15) is 18.3 Å². The van der Waals surface area contributed by atoms with E-state index in [0.29, 0.717) is 0 Å². The molecule has 0 fully saturated rings. The Hall–Kier alpha value is -1.66. The minimum absolute atomic E-state index is 0.143. The van der Waals surface area contributed by atoms with E-state index >= 15 is 0 Å². The molecule has 0 spiro atoms. The first-order chi connectivity index (χ1) is 6.80. The summed E-state index contributed by atoms with van der Waals surface area (Å²) in [7, 11) is 1.52. The first-order valence-corrected chi connectivity index (χ1v) is 3.93. The maximum Gasteiger partial charge on any atom is 0.450 e. The molecule has 0 atom stereocenters. The van der Waals surface area contributed by atoms with Crippen molar-refractivity contribution in [2.45, 2.75) is 12.6 Å². The molecule has 1 aromatic rings. The van der Waals surface area contributed by atoms with Crippen LogP contribution in [0.3, 0.4) is 0 Å². The summed E-state index contributed by atoms with van der Waals surface area (Å²) < 4.78 is 36.7. The first kappa shape index (κ1) is 11.4. The maximum absolute atomic E-state index is 11.8. The molecule has 15 heavy (non-hydrogen) atoms. The molecule has 0 saturated carbocycles. The Morgan fingerprint density at radius 3 is 2.47 bits per heavy atom. The highest BCUT2D eigenvalue weighted by molar-refractivity contribution is 6.08. The molecular formula is C8H7F3N2O2. The minimum atomic E-state index is -4.97. The summed E-state index contributed by atoms with van der Waals surface area (Å²) >= 11 is 0. The number of carbonyl (C=O) groups is 2. The second kappa shape index (κ2) is 3.84. The number of alkyl halides is 3. The van der Waals surface area contributed by atoms with Crippen molar-refractivity contribution in [3.63, 3.8) is 0 Å². The van der Waals surface area contributed by atoms with Crippen LogP contribution in [0.5, 0.6) is 0 Å². The zero-order chi connectivity index (χ0) is 11.6. The molecule has 0 radical (unpaired) electrons. The molecule has 0 aliphatic rings. The van der Waals surface area contributed by atoms with E-state index in [9.17, 15) is 22.8 Å². The van der Waals surface area contributed by atoms with Gasteiger partial charge >= 0.3 is 6.18 Å². The van der Waals surface area contributed by atoms with Crippen molar-refractivity contribution in [3.8, 4) is 0 Å². The lowest BCUT2D eigenvalue weighted by molar-refractivity contribution is -0.170. The summed E-state index contributed by atoms with van der Waals surface area (Å²) in [6.45, 7) is 0. The van der Waals surface area contributed by atoms with Crippen LogP contribution in [0.15, 0.2) is 12.3 Å². The van der Waals surface area contributed by atoms with Crippen molar-refractivity contribution in [2.75, 3.05) is 0 Å². The topological polar surface area (TPSA) is 52.0 Å². The van der Waals surface area contributed by atoms with Crippen molar-refractivity contribution in [1.82, 2.24) is 9.78 Å². The van der Waals surface area contributed by atoms with Gasteiger partial charge in [0.2, 0.25) is 5.78 Å². The molecule has 0 unspecified atom stereocenters. The third-order valence-corrected chi connectivity index (χ3v) is 1.64. The molecule has 0 amide bonds. The van der Waals surface area contributed by atoms with Crippen molar-refractivity contribution < 1.29 is 22.8 Å². The fourth-order valence-electron chi connectivity index (χ4n) is 0.900. The van der Waals surface area contributed by atoms with Gasteiger partial charge in [0.15, 0.2) is 5.78 Å². The van der Waals surface area contributed by atoms with E-state index in [1.807, 2.05) is 0 Å². The van der Waals surface area contributed by atoms with Gasteiger partial charge in [-0.05, 0) is 6.07 Å². The van der Waals surface area contributed by atoms with Crippen LogP contribution in [0, 0.1) is 0 Å². The van der Waals surface area contributed by atoms with E-state index in [0.717, 1.165) is 0 Å². The van der Waals surface area contributed by atoms with Crippen molar-refractivity contribution in [1.29, 1.82) is 0 Å². The van der Waals surface area contributed by atoms with Crippen LogP contribution in [-0.4, -0.2) is 27.5 Å². The minimum Gasteiger partial charge on any atom is -0.292 e. The van der Waals surface area contributed by atoms with E-state index in [2.05, 4.69) is 5.10 Å². The van der Waals surface area contributed by atoms with Gasteiger partial charge in [0.25, 0.3) is 0 Å². The number of rotatable bonds is 3. The standard InChI is InChI=1S/C8H7F3N2O2/c1-13-3-2-5(12-13)6(14)4-7(15)8(9,10)11/h2-3H,4H2,1H3. The van der Waals surface area contributed by atoms with Gasteiger partial charge in [-0.25, -0.2) is 0 Å². The predicted molar refractivity (Wildman–Crippen MR) is 43.2 cm³/mol. The molecule has 7 heteroatoms. The Balaban J connectivity index is 2.69. The van der Waals surface area contributed by atoms with Crippen LogP contribution in [0.4, 0.5) is 13.2 Å². The summed E-state index contributed by atoms with van der Waals surface area (Å²) in [5.74, 6) is -2.99. The lowest BCUT2D eigenvalue weighted by Crippen LogP contribution is -2.25. The van der Waals surface area contributed by atoms with Gasteiger partial charge in [0.1, 0.15) is 5.69 Å². The Morgan fingerprint density at radius 2 is 2.07 bits per heavy atom. The predicted octanol–water partition coefficient (Wildman–Crippen LogP) is 1.12. The Morgan fingerprint density at radius 1 is 1.47 bits per heavy atom. The molecule has 0 aliphatic carbocycles. The largest absolute Gasteiger partial charge is 0.450 e. The number of carbonyl (C=O) groups excluding carboxylic acids is 2. The highest BCUT2D eigenvalue weighted by Gasteiger charge is 2.39. The molecule has 82 valence electrons. The average molecular weight is 220 g/mol. The molecule has 0 bridgehead atoms. The van der Waals surface area contributed by atoms with Crippen LogP contribution >= 0.6 is 0 Å². The van der Waals surface area contributed by atoms with Gasteiger partial charge in [-0.3, -0.25) is 14.3 Å². The van der Waals surface area contributed by atoms with Crippen molar-refractivity contribution in [2.24, 2.45) is 7.05 Å². The van der Waals surface area contributed by atoms with Crippen LogP contribution in [0.25, 0.3) is 0 Å². The summed E-state index contributed by atoms with van der Waals surface area (Å²) in [6, 6.07) is 1.26. The molecule has 1 heterocycles. The molecule has 4 nitrogen and oxygen atoms in total. The number of halogens is 3. The number of nitrogens with zero attached hydrogens (tertiary/aromatic N) is 2. The third-order valence-electron chi connectivity index (χ3n) is 1.64. The highest BCUT2D eigenvalue weighted by atomic mass is 19.4. The number of hydrogen-bond acceptors (Lipinski definition) is 3. The van der Waals surface area contributed by atoms with Gasteiger partial charge in [0, 0.05) is 13.2 Å². The van der Waals surface area contributed by atoms with E-state index < -0.39 is 24.2 Å². The third kappa shape index (κ3) is 2.90. The van der Waals surface area contributed by atoms with Crippen LogP contribution in [0.1, 0.15) is 16.9 Å². The summed E-state index contributed by atoms with van der Waals surface area (Å²) in [5, 5.41) is 3.59. The number of aryl methyl sites for hydroxylation is 1. The Bertz CT molecular complexity index is 395. The van der Waals surface area contributed by atoms with E-state index in [-0.39, 0.29) is 5.69 Å². The maximum atomic E-state index is 11.8. The highest BCUT2D eigenvalue weighted by Crippen LogP contribution is 2.18. The lowest BCUT2D eigenvalue weighted by atomic mass is 10.1. The van der Waals surface area contributed by atoms with Crippen LogP contribution in [0.2, 0.25) is 0 Å². The molecule has 0 aromatic carbocycles. The summed E-state index contributed by atoms with van der Waals surface area (Å²) in [5.41, 5.74) is -0.143. The molecule has 1 aromatic heterocycles. The number of ketones is 2. The second-order valence-electron chi connectivity index (χ2n) is 2.90. The molecule has 0 N–H and O–H groups in total.